The number of unbranched alkanes of at least 4 members (excludes halogenated alkanes) is 27. The average Bonchev–Trinajstić information content (AvgIpc) is 0.756. The minimum atomic E-state index is -5.70. The first-order valence-corrected chi connectivity index (χ1v) is 44.7. The van der Waals surface area contributed by atoms with E-state index in [2.05, 4.69) is 35.1 Å². The molecule has 3 aliphatic heterocycles. The fraction of sp³-hybridized carbons (Fsp3) is 0.887. The highest BCUT2D eigenvalue weighted by molar-refractivity contribution is 7.47. The fourth-order valence-electron chi connectivity index (χ4n) is 15.5. The Labute approximate surface area is 717 Å². The molecular formula is C80H143N4O38P. The molecule has 4 aliphatic rings. The van der Waals surface area contributed by atoms with Crippen molar-refractivity contribution < 1.29 is 187 Å². The number of phosphoric acid groups is 1. The number of allylic oxidation sites excluding steroid dienone is 1. The van der Waals surface area contributed by atoms with Gasteiger partial charge in [-0.1, -0.05) is 193 Å². The molecule has 4 rings (SSSR count). The first-order valence-electron chi connectivity index (χ1n) is 43.2. The van der Waals surface area contributed by atoms with Crippen LogP contribution in [0.25, 0.3) is 0 Å². The second-order valence-corrected chi connectivity index (χ2v) is 33.9. The number of aliphatic carboxylic acids is 3. The Kier molecular flexibility index (Phi) is 51.5. The standard InChI is InChI=1S/C80H143N4O38P/c1-6-8-10-12-14-16-18-19-20-21-22-23-24-25-27-29-31-33-35-37-56(93)81-48(49(86)36-34-32-30-28-26-17-15-13-11-9-7-2)42-117-123(110,111)122-74-68(102)66(100)67(101)73(69(74)103)121-80(77(108)109)40-52(89)62(72(120-80)65(99)55(92)45-114-5)84-59(96)47-116-79(76(106)107)39-51(88)61(71(119-79)64(98)54(91)44-113-4)83-58(95)46-115-78(75(104)105)38-50(87)60(82-57(94)41-85)70(118-78)63(97)53(90)43-112-3/h34,36,48-55,60-74,85-92,97-103H,6-33,35,37-47H2,1-5H3,(H,81,93)(H,82,94)(H,83,95)(H,84,96)(H,104,105)(H,106,107)(H,108,109)(H,110,111)/b36-34+/t48-,49+,50-,51-,52-,53+,54+,55+,60+,61+,62+,63+,64+,65+,66-,67-,68+,69+,70+,71+,72+,73+,74-,78+,79+,80-/m0/s1. The first-order chi connectivity index (χ1) is 58.4. The lowest BCUT2D eigenvalue weighted by molar-refractivity contribution is -0.350. The summed E-state index contributed by atoms with van der Waals surface area (Å²) in [7, 11) is -2.51. The van der Waals surface area contributed by atoms with Gasteiger partial charge in [-0.15, -0.1) is 0 Å². The van der Waals surface area contributed by atoms with Gasteiger partial charge < -0.3 is 161 Å². The summed E-state index contributed by atoms with van der Waals surface area (Å²) >= 11 is 0. The Balaban J connectivity index is 1.51. The van der Waals surface area contributed by atoms with Gasteiger partial charge in [0.15, 0.2) is 0 Å². The molecule has 23 N–H and O–H groups in total. The Morgan fingerprint density at radius 3 is 1.13 bits per heavy atom. The summed E-state index contributed by atoms with van der Waals surface area (Å²) in [5.41, 5.74) is 0. The molecule has 42 nitrogen and oxygen atoms in total. The van der Waals surface area contributed by atoms with Crippen LogP contribution in [0.4, 0.5) is 0 Å². The molecule has 0 radical (unpaired) electrons. The molecule has 1 unspecified atom stereocenters. The van der Waals surface area contributed by atoms with Crippen LogP contribution in [0.15, 0.2) is 12.2 Å². The van der Waals surface area contributed by atoms with Gasteiger partial charge in [0, 0.05) is 47.0 Å². The lowest BCUT2D eigenvalue weighted by Crippen LogP contribution is -2.71. The van der Waals surface area contributed by atoms with Crippen molar-refractivity contribution in [3.8, 4) is 0 Å². The van der Waals surface area contributed by atoms with Crippen LogP contribution in [0.2, 0.25) is 0 Å². The summed E-state index contributed by atoms with van der Waals surface area (Å²) in [5.74, 6) is -21.2. The van der Waals surface area contributed by atoms with Crippen molar-refractivity contribution in [1.82, 2.24) is 21.3 Å². The molecule has 0 bridgehead atoms. The maximum Gasteiger partial charge on any atom is 0.472 e. The van der Waals surface area contributed by atoms with E-state index in [0.29, 0.717) is 12.8 Å². The zero-order valence-corrected chi connectivity index (χ0v) is 72.3. The number of methoxy groups -OCH3 is 3. The zero-order chi connectivity index (χ0) is 91.6. The highest BCUT2D eigenvalue weighted by Crippen LogP contribution is 2.49. The van der Waals surface area contributed by atoms with Gasteiger partial charge in [0.05, 0.1) is 75.0 Å². The Morgan fingerprint density at radius 1 is 0.439 bits per heavy atom. The molecule has 4 amide bonds. The van der Waals surface area contributed by atoms with E-state index in [-0.39, 0.29) is 6.42 Å². The van der Waals surface area contributed by atoms with E-state index in [9.17, 15) is 135 Å². The number of phosphoric ester groups is 1. The first kappa shape index (κ1) is 111. The summed E-state index contributed by atoms with van der Waals surface area (Å²) < 4.78 is 72.7. The number of carbonyl (C=O) groups is 7. The van der Waals surface area contributed by atoms with Crippen molar-refractivity contribution in [3.05, 3.63) is 12.2 Å². The van der Waals surface area contributed by atoms with Gasteiger partial charge in [0.1, 0.15) is 111 Å². The van der Waals surface area contributed by atoms with Crippen LogP contribution in [0.3, 0.4) is 0 Å². The second-order valence-electron chi connectivity index (χ2n) is 32.5. The van der Waals surface area contributed by atoms with Crippen LogP contribution in [0.5, 0.6) is 0 Å². The molecule has 3 heterocycles. The summed E-state index contributed by atoms with van der Waals surface area (Å²) in [6.45, 7) is -2.97. The molecule has 1 saturated carbocycles. The van der Waals surface area contributed by atoms with Crippen molar-refractivity contribution >= 4 is 49.4 Å². The normalized spacial score (nSPS) is 29.9. The van der Waals surface area contributed by atoms with Crippen molar-refractivity contribution in [3.63, 3.8) is 0 Å². The predicted molar refractivity (Wildman–Crippen MR) is 431 cm³/mol. The molecule has 0 aromatic carbocycles. The number of hydrogen-bond donors (Lipinski definition) is 23. The summed E-state index contributed by atoms with van der Waals surface area (Å²) in [6.07, 6.45) is -12.9. The van der Waals surface area contributed by atoms with E-state index in [4.69, 9.17) is 51.7 Å². The lowest BCUT2D eigenvalue weighted by Gasteiger charge is -2.50. The minimum absolute atomic E-state index is 0.0135. The molecule has 0 spiro atoms. The highest BCUT2D eigenvalue weighted by atomic mass is 31.2. The predicted octanol–water partition coefficient (Wildman–Crippen LogP) is -1.15. The van der Waals surface area contributed by atoms with Gasteiger partial charge in [-0.2, -0.15) is 0 Å². The SMILES string of the molecule is CCCCCCCCCCC/C=C/[C@@H](O)[C@H](COP(=O)(O)O[C@@H]1[C@H](O)[C@H](O[C@]2(C(=O)O)C[C@H](O)[C@@H](NC(=O)CO[C@]3(C(=O)O)C[C@H](O)[C@@H](NC(=O)CO[C@]4(C(=O)O)C[C@H](O)[C@@H](NC(=O)CO)[C@H]([C@H](O)[C@H](O)COC)O4)[C@H]([C@H](O)[C@H](O)COC)O3)[C@H]([C@H](O)[C@H](O)COC)O2)[C@@H](O)[C@H](O)[C@H]1O)NC(=O)CCCCCCCCCCCCCCCCCCCCC. The van der Waals surface area contributed by atoms with Gasteiger partial charge >= 0.3 is 25.7 Å². The maximum absolute atomic E-state index is 14.1. The topological polar surface area (TPSA) is 671 Å². The van der Waals surface area contributed by atoms with Crippen LogP contribution >= 0.6 is 7.82 Å². The molecule has 716 valence electrons. The molecule has 4 fully saturated rings. The van der Waals surface area contributed by atoms with Crippen molar-refractivity contribution in [2.75, 3.05) is 67.6 Å². The van der Waals surface area contributed by atoms with Crippen molar-refractivity contribution in [2.24, 2.45) is 0 Å². The second kappa shape index (κ2) is 57.3. The third kappa shape index (κ3) is 35.9. The average molecular weight is 1800 g/mol. The van der Waals surface area contributed by atoms with Gasteiger partial charge in [0.25, 0.3) is 17.4 Å². The molecule has 0 aromatic rings. The van der Waals surface area contributed by atoms with Crippen LogP contribution < -0.4 is 21.3 Å². The molecule has 3 saturated heterocycles. The van der Waals surface area contributed by atoms with E-state index in [1.165, 1.54) is 96.0 Å². The number of rotatable bonds is 65. The smallest absolute Gasteiger partial charge is 0.472 e. The van der Waals surface area contributed by atoms with Gasteiger partial charge in [-0.3, -0.25) is 28.2 Å². The van der Waals surface area contributed by atoms with Gasteiger partial charge in [0.2, 0.25) is 23.6 Å². The number of hydrogen-bond acceptors (Lipinski definition) is 34. The molecule has 27 atom stereocenters. The third-order valence-corrected chi connectivity index (χ3v) is 23.5. The summed E-state index contributed by atoms with van der Waals surface area (Å²) in [4.78, 5) is 105. The quantitative estimate of drug-likeness (QED) is 0.0194. The monoisotopic (exact) mass is 1800 g/mol. The third-order valence-electron chi connectivity index (χ3n) is 22.5. The number of aliphatic hydroxyl groups excluding tert-OH is 15. The largest absolute Gasteiger partial charge is 0.477 e. The zero-order valence-electron chi connectivity index (χ0n) is 71.4. The van der Waals surface area contributed by atoms with E-state index >= 15 is 0 Å². The highest BCUT2D eigenvalue weighted by Gasteiger charge is 2.63. The van der Waals surface area contributed by atoms with Crippen LogP contribution in [0.1, 0.15) is 226 Å². The fourth-order valence-corrected chi connectivity index (χ4v) is 16.4. The summed E-state index contributed by atoms with van der Waals surface area (Å²) in [6, 6.07) is -7.44. The molecule has 123 heavy (non-hydrogen) atoms. The molecule has 0 aromatic heterocycles. The van der Waals surface area contributed by atoms with Crippen molar-refractivity contribution in [2.45, 2.75) is 383 Å². The number of nitrogens with one attached hydrogen (secondary N) is 4. The van der Waals surface area contributed by atoms with Crippen LogP contribution in [0, 0.1) is 0 Å². The van der Waals surface area contributed by atoms with E-state index in [1.807, 2.05) is 0 Å². The number of amides is 4. The minimum Gasteiger partial charge on any atom is -0.477 e. The molecule has 43 heteroatoms. The van der Waals surface area contributed by atoms with Gasteiger partial charge in [-0.05, 0) is 19.3 Å². The lowest BCUT2D eigenvalue weighted by atomic mass is 9.84. The van der Waals surface area contributed by atoms with Gasteiger partial charge in [-0.25, -0.2) is 18.9 Å². The van der Waals surface area contributed by atoms with Crippen molar-refractivity contribution in [1.29, 1.82) is 0 Å². The molecular weight excluding hydrogens is 1660 g/mol. The number of carboxylic acid groups (broad SMARTS) is 3. The number of carboxylic acids is 3. The van der Waals surface area contributed by atoms with Crippen LogP contribution in [-0.2, 0) is 89.8 Å². The van der Waals surface area contributed by atoms with E-state index in [1.54, 1.807) is 6.08 Å². The van der Waals surface area contributed by atoms with E-state index in [0.717, 1.165) is 105 Å². The Hall–Kier alpha value is -4.82. The number of ether oxygens (including phenoxy) is 9. The summed E-state index contributed by atoms with van der Waals surface area (Å²) in [5, 5.41) is 209. The van der Waals surface area contributed by atoms with Crippen LogP contribution in [-0.4, -0.2) is 363 Å². The Bertz CT molecular complexity index is 3140. The van der Waals surface area contributed by atoms with E-state index < -0.39 is 272 Å². The maximum atomic E-state index is 14.1. The number of aliphatic hydroxyl groups is 15. The number of carbonyl (C=O) groups excluding carboxylic acids is 4. The Morgan fingerprint density at radius 2 is 0.772 bits per heavy atom. The molecule has 1 aliphatic carbocycles.